The minimum Gasteiger partial charge on any atom is -0.267 e. The first-order valence-corrected chi connectivity index (χ1v) is 10.4. The molecule has 3 heteroatoms. The van der Waals surface area contributed by atoms with E-state index >= 15 is 0 Å². The average Bonchev–Trinajstić information content (AvgIpc) is 2.86. The highest BCUT2D eigenvalue weighted by Gasteiger charge is 2.18. The predicted molar refractivity (Wildman–Crippen MR) is 126 cm³/mol. The molecule has 3 nitrogen and oxygen atoms in total. The van der Waals surface area contributed by atoms with Gasteiger partial charge in [0, 0.05) is 17.9 Å². The Morgan fingerprint density at radius 1 is 0.613 bits per heavy atom. The maximum absolute atomic E-state index is 12.6. The molecule has 152 valence electrons. The Bertz CT molecular complexity index is 1090. The summed E-state index contributed by atoms with van der Waals surface area (Å²) in [5.41, 5.74) is 7.60. The standard InChI is InChI=1S/C28H24N2O/c31-28(25-19-11-4-12-20-25)30-29-27(24-17-9-3-10-18-24)21-26(22-13-5-1-6-14-22)23-15-7-2-8-16-23/h1-20,26H,21H2,(H,30,31)/b29-27+. The van der Waals surface area contributed by atoms with Crippen LogP contribution in [0.2, 0.25) is 0 Å². The lowest BCUT2D eigenvalue weighted by Gasteiger charge is -2.19. The third-order valence-electron chi connectivity index (χ3n) is 5.24. The van der Waals surface area contributed by atoms with Crippen LogP contribution in [0.5, 0.6) is 0 Å². The lowest BCUT2D eigenvalue weighted by molar-refractivity contribution is 0.0954. The average molecular weight is 405 g/mol. The van der Waals surface area contributed by atoms with Crippen LogP contribution in [0.3, 0.4) is 0 Å². The van der Waals surface area contributed by atoms with Crippen molar-refractivity contribution in [3.05, 3.63) is 144 Å². The molecule has 0 aliphatic rings. The third-order valence-corrected chi connectivity index (χ3v) is 5.24. The smallest absolute Gasteiger partial charge is 0.267 e. The maximum atomic E-state index is 12.6. The van der Waals surface area contributed by atoms with Gasteiger partial charge in [-0.2, -0.15) is 5.10 Å². The van der Waals surface area contributed by atoms with Gasteiger partial charge in [0.2, 0.25) is 0 Å². The Morgan fingerprint density at radius 3 is 1.52 bits per heavy atom. The van der Waals surface area contributed by atoms with Gasteiger partial charge in [-0.05, 0) is 28.8 Å². The highest BCUT2D eigenvalue weighted by Crippen LogP contribution is 2.29. The summed E-state index contributed by atoms with van der Waals surface area (Å²) in [5.74, 6) is -0.0972. The van der Waals surface area contributed by atoms with Crippen molar-refractivity contribution in [3.8, 4) is 0 Å². The Kier molecular flexibility index (Phi) is 6.66. The number of hydrogen-bond donors (Lipinski definition) is 1. The second-order valence-electron chi connectivity index (χ2n) is 7.31. The topological polar surface area (TPSA) is 41.5 Å². The van der Waals surface area contributed by atoms with Crippen molar-refractivity contribution < 1.29 is 4.79 Å². The van der Waals surface area contributed by atoms with Gasteiger partial charge in [0.05, 0.1) is 5.71 Å². The maximum Gasteiger partial charge on any atom is 0.271 e. The molecular weight excluding hydrogens is 380 g/mol. The largest absolute Gasteiger partial charge is 0.271 e. The molecule has 0 saturated heterocycles. The van der Waals surface area contributed by atoms with Crippen molar-refractivity contribution in [2.24, 2.45) is 5.10 Å². The molecule has 1 N–H and O–H groups in total. The van der Waals surface area contributed by atoms with Gasteiger partial charge >= 0.3 is 0 Å². The van der Waals surface area contributed by atoms with Crippen LogP contribution in [-0.4, -0.2) is 11.6 Å². The van der Waals surface area contributed by atoms with Crippen LogP contribution >= 0.6 is 0 Å². The number of hydrazone groups is 1. The lowest BCUT2D eigenvalue weighted by Crippen LogP contribution is -2.21. The van der Waals surface area contributed by atoms with E-state index in [1.807, 2.05) is 60.7 Å². The number of carbonyl (C=O) groups excluding carboxylic acids is 1. The van der Waals surface area contributed by atoms with E-state index in [9.17, 15) is 4.79 Å². The molecule has 31 heavy (non-hydrogen) atoms. The van der Waals surface area contributed by atoms with Crippen LogP contribution in [-0.2, 0) is 0 Å². The molecule has 4 aromatic carbocycles. The number of amides is 1. The van der Waals surface area contributed by atoms with Crippen molar-refractivity contribution in [1.29, 1.82) is 0 Å². The zero-order valence-electron chi connectivity index (χ0n) is 17.2. The summed E-state index contributed by atoms with van der Waals surface area (Å²) in [6.45, 7) is 0. The summed E-state index contributed by atoms with van der Waals surface area (Å²) in [7, 11) is 0. The van der Waals surface area contributed by atoms with Crippen LogP contribution in [0.4, 0.5) is 0 Å². The molecule has 0 saturated carbocycles. The molecule has 0 aliphatic carbocycles. The molecule has 1 amide bonds. The molecular formula is C28H24N2O. The molecule has 0 bridgehead atoms. The quantitative estimate of drug-likeness (QED) is 0.296. The summed E-state index contributed by atoms with van der Waals surface area (Å²) < 4.78 is 0. The van der Waals surface area contributed by atoms with E-state index in [1.165, 1.54) is 11.1 Å². The molecule has 0 unspecified atom stereocenters. The first-order valence-electron chi connectivity index (χ1n) is 10.4. The van der Waals surface area contributed by atoms with E-state index in [0.29, 0.717) is 12.0 Å². The molecule has 0 aliphatic heterocycles. The van der Waals surface area contributed by atoms with Gasteiger partial charge in [-0.3, -0.25) is 4.79 Å². The van der Waals surface area contributed by atoms with Crippen molar-refractivity contribution in [2.45, 2.75) is 12.3 Å². The second-order valence-corrected chi connectivity index (χ2v) is 7.31. The molecule has 4 rings (SSSR count). The van der Waals surface area contributed by atoms with Crippen molar-refractivity contribution in [2.75, 3.05) is 0 Å². The third kappa shape index (κ3) is 5.34. The lowest BCUT2D eigenvalue weighted by atomic mass is 9.85. The summed E-state index contributed by atoms with van der Waals surface area (Å²) in [5, 5.41) is 4.58. The van der Waals surface area contributed by atoms with Crippen molar-refractivity contribution in [3.63, 3.8) is 0 Å². The minimum atomic E-state index is -0.218. The van der Waals surface area contributed by atoms with Crippen LogP contribution in [0.1, 0.15) is 39.4 Å². The Balaban J connectivity index is 1.68. The predicted octanol–water partition coefficient (Wildman–Crippen LogP) is 6.04. The van der Waals surface area contributed by atoms with Gasteiger partial charge in [0.1, 0.15) is 0 Å². The normalized spacial score (nSPS) is 11.3. The van der Waals surface area contributed by atoms with Gasteiger partial charge < -0.3 is 0 Å². The van der Waals surface area contributed by atoms with Gasteiger partial charge in [0.25, 0.3) is 5.91 Å². The summed E-state index contributed by atoms with van der Waals surface area (Å²) in [4.78, 5) is 12.6. The fourth-order valence-electron chi connectivity index (χ4n) is 3.62. The van der Waals surface area contributed by atoms with Crippen LogP contribution < -0.4 is 5.43 Å². The Hall–Kier alpha value is -3.98. The highest BCUT2D eigenvalue weighted by atomic mass is 16.2. The van der Waals surface area contributed by atoms with E-state index < -0.39 is 0 Å². The van der Waals surface area contributed by atoms with Crippen LogP contribution in [0, 0.1) is 0 Å². The number of carbonyl (C=O) groups is 1. The van der Waals surface area contributed by atoms with E-state index in [4.69, 9.17) is 0 Å². The van der Waals surface area contributed by atoms with Gasteiger partial charge in [-0.1, -0.05) is 109 Å². The Labute approximate surface area is 183 Å². The minimum absolute atomic E-state index is 0.120. The van der Waals surface area contributed by atoms with E-state index in [0.717, 1.165) is 11.3 Å². The number of benzene rings is 4. The van der Waals surface area contributed by atoms with Crippen LogP contribution in [0.15, 0.2) is 126 Å². The molecule has 0 radical (unpaired) electrons. The summed E-state index contributed by atoms with van der Waals surface area (Å²) in [6, 6.07) is 40.0. The zero-order valence-corrected chi connectivity index (χ0v) is 17.2. The number of hydrogen-bond acceptors (Lipinski definition) is 2. The van der Waals surface area contributed by atoms with E-state index in [2.05, 4.69) is 59.1 Å². The number of nitrogens with one attached hydrogen (secondary N) is 1. The number of rotatable bonds is 7. The van der Waals surface area contributed by atoms with E-state index in [-0.39, 0.29) is 11.8 Å². The number of nitrogens with zero attached hydrogens (tertiary/aromatic N) is 1. The monoisotopic (exact) mass is 404 g/mol. The first kappa shape index (κ1) is 20.3. The SMILES string of the molecule is O=C(N/N=C(\CC(c1ccccc1)c1ccccc1)c1ccccc1)c1ccccc1. The summed E-state index contributed by atoms with van der Waals surface area (Å²) >= 11 is 0. The van der Waals surface area contributed by atoms with Gasteiger partial charge in [-0.25, -0.2) is 5.43 Å². The van der Waals surface area contributed by atoms with Crippen molar-refractivity contribution >= 4 is 11.6 Å². The molecule has 0 atom stereocenters. The van der Waals surface area contributed by atoms with E-state index in [1.54, 1.807) is 12.1 Å². The molecule has 0 heterocycles. The van der Waals surface area contributed by atoms with Crippen LogP contribution in [0.25, 0.3) is 0 Å². The van der Waals surface area contributed by atoms with Gasteiger partial charge in [-0.15, -0.1) is 0 Å². The molecule has 0 spiro atoms. The fraction of sp³-hybridized carbons (Fsp3) is 0.0714. The first-order chi connectivity index (χ1) is 15.3. The highest BCUT2D eigenvalue weighted by molar-refractivity contribution is 6.02. The molecule has 0 fully saturated rings. The molecule has 4 aromatic rings. The Morgan fingerprint density at radius 2 is 1.03 bits per heavy atom. The van der Waals surface area contributed by atoms with Crippen molar-refractivity contribution in [1.82, 2.24) is 5.43 Å². The fourth-order valence-corrected chi connectivity index (χ4v) is 3.62. The second kappa shape index (κ2) is 10.2. The van der Waals surface area contributed by atoms with Gasteiger partial charge in [0.15, 0.2) is 0 Å². The zero-order chi connectivity index (χ0) is 21.3. The summed E-state index contributed by atoms with van der Waals surface area (Å²) in [6.07, 6.45) is 0.660. The molecule has 0 aromatic heterocycles.